The van der Waals surface area contributed by atoms with E-state index < -0.39 is 0 Å². The lowest BCUT2D eigenvalue weighted by Crippen LogP contribution is -2.15. The molecule has 1 fully saturated rings. The van der Waals surface area contributed by atoms with Crippen LogP contribution >= 0.6 is 11.6 Å². The van der Waals surface area contributed by atoms with E-state index in [0.717, 1.165) is 24.5 Å². The second-order valence-corrected chi connectivity index (χ2v) is 4.98. The first-order valence-corrected chi connectivity index (χ1v) is 5.89. The van der Waals surface area contributed by atoms with Gasteiger partial charge in [0.25, 0.3) is 0 Å². The van der Waals surface area contributed by atoms with Gasteiger partial charge in [-0.3, -0.25) is 0 Å². The number of hydrogen-bond donors (Lipinski definition) is 0. The summed E-state index contributed by atoms with van der Waals surface area (Å²) < 4.78 is 0. The van der Waals surface area contributed by atoms with Gasteiger partial charge < -0.3 is 4.90 Å². The summed E-state index contributed by atoms with van der Waals surface area (Å²) in [4.78, 5) is 2.23. The van der Waals surface area contributed by atoms with Crippen molar-refractivity contribution < 1.29 is 0 Å². The number of halogens is 1. The molecule has 16 heavy (non-hydrogen) atoms. The third kappa shape index (κ3) is 2.55. The molecule has 0 aliphatic carbocycles. The second kappa shape index (κ2) is 4.86. The molecule has 0 spiro atoms. The Morgan fingerprint density at radius 2 is 2.06 bits per heavy atom. The Morgan fingerprint density at radius 3 is 2.69 bits per heavy atom. The SMILES string of the molecule is CN1CC(C#N)[C@@H](Cc2ccc(Cl)cc2)C1. The first-order valence-electron chi connectivity index (χ1n) is 5.51. The first kappa shape index (κ1) is 11.4. The third-order valence-electron chi connectivity index (χ3n) is 3.20. The fourth-order valence-electron chi connectivity index (χ4n) is 2.36. The van der Waals surface area contributed by atoms with Crippen molar-refractivity contribution in [1.82, 2.24) is 4.90 Å². The molecule has 1 unspecified atom stereocenters. The molecule has 0 saturated carbocycles. The van der Waals surface area contributed by atoms with Crippen molar-refractivity contribution in [3.8, 4) is 6.07 Å². The van der Waals surface area contributed by atoms with Crippen molar-refractivity contribution in [2.24, 2.45) is 11.8 Å². The molecule has 1 aliphatic heterocycles. The normalized spacial score (nSPS) is 25.6. The van der Waals surface area contributed by atoms with E-state index in [4.69, 9.17) is 16.9 Å². The summed E-state index contributed by atoms with van der Waals surface area (Å²) in [7, 11) is 2.08. The number of likely N-dealkylation sites (tertiary alicyclic amines) is 1. The fourth-order valence-corrected chi connectivity index (χ4v) is 2.49. The van der Waals surface area contributed by atoms with Gasteiger partial charge in [-0.25, -0.2) is 0 Å². The average molecular weight is 235 g/mol. The van der Waals surface area contributed by atoms with Gasteiger partial charge in [0, 0.05) is 18.1 Å². The van der Waals surface area contributed by atoms with Crippen molar-refractivity contribution in [2.75, 3.05) is 20.1 Å². The molecule has 0 radical (unpaired) electrons. The Balaban J connectivity index is 2.04. The van der Waals surface area contributed by atoms with Crippen LogP contribution < -0.4 is 0 Å². The standard InChI is InChI=1S/C13H15ClN2/c1-16-8-11(12(7-15)9-16)6-10-2-4-13(14)5-3-10/h2-5,11-12H,6,8-9H2,1H3/t11-,12?/m0/s1. The molecule has 1 aromatic rings. The van der Waals surface area contributed by atoms with Crippen LogP contribution in [-0.2, 0) is 6.42 Å². The van der Waals surface area contributed by atoms with Gasteiger partial charge in [0.15, 0.2) is 0 Å². The summed E-state index contributed by atoms with van der Waals surface area (Å²) in [5.74, 6) is 0.622. The largest absolute Gasteiger partial charge is 0.305 e. The van der Waals surface area contributed by atoms with Gasteiger partial charge in [0.1, 0.15) is 0 Å². The van der Waals surface area contributed by atoms with Crippen LogP contribution in [-0.4, -0.2) is 25.0 Å². The van der Waals surface area contributed by atoms with Crippen LogP contribution in [0.4, 0.5) is 0 Å². The second-order valence-electron chi connectivity index (χ2n) is 4.55. The number of benzene rings is 1. The predicted molar refractivity (Wildman–Crippen MR) is 65.2 cm³/mol. The molecule has 2 nitrogen and oxygen atoms in total. The first-order chi connectivity index (χ1) is 7.69. The van der Waals surface area contributed by atoms with Crippen molar-refractivity contribution in [3.05, 3.63) is 34.9 Å². The summed E-state index contributed by atoms with van der Waals surface area (Å²) in [6, 6.07) is 10.3. The maximum absolute atomic E-state index is 9.08. The van der Waals surface area contributed by atoms with E-state index in [2.05, 4.69) is 30.1 Å². The molecule has 1 aliphatic rings. The van der Waals surface area contributed by atoms with Crippen LogP contribution in [0.1, 0.15) is 5.56 Å². The molecule has 0 N–H and O–H groups in total. The predicted octanol–water partition coefficient (Wildman–Crippen LogP) is 2.58. The van der Waals surface area contributed by atoms with Crippen LogP contribution in [0, 0.1) is 23.2 Å². The maximum atomic E-state index is 9.08. The Morgan fingerprint density at radius 1 is 1.38 bits per heavy atom. The third-order valence-corrected chi connectivity index (χ3v) is 3.45. The molecule has 0 amide bonds. The molecule has 2 rings (SSSR count). The van der Waals surface area contributed by atoms with Crippen molar-refractivity contribution in [3.63, 3.8) is 0 Å². The fraction of sp³-hybridized carbons (Fsp3) is 0.462. The minimum Gasteiger partial charge on any atom is -0.305 e. The van der Waals surface area contributed by atoms with Gasteiger partial charge in [-0.15, -0.1) is 0 Å². The van der Waals surface area contributed by atoms with E-state index >= 15 is 0 Å². The van der Waals surface area contributed by atoms with E-state index in [1.807, 2.05) is 12.1 Å². The van der Waals surface area contributed by atoms with Crippen molar-refractivity contribution in [2.45, 2.75) is 6.42 Å². The van der Waals surface area contributed by atoms with Gasteiger partial charge >= 0.3 is 0 Å². The van der Waals surface area contributed by atoms with Crippen LogP contribution in [0.5, 0.6) is 0 Å². The highest BCUT2D eigenvalue weighted by Crippen LogP contribution is 2.25. The summed E-state index contributed by atoms with van der Waals surface area (Å²) in [5.41, 5.74) is 1.27. The van der Waals surface area contributed by atoms with Gasteiger partial charge in [0.05, 0.1) is 12.0 Å². The number of rotatable bonds is 2. The molecule has 1 saturated heterocycles. The van der Waals surface area contributed by atoms with Gasteiger partial charge in [-0.2, -0.15) is 5.26 Å². The Bertz CT molecular complexity index is 393. The number of nitrogens with zero attached hydrogens (tertiary/aromatic N) is 2. The highest BCUT2D eigenvalue weighted by molar-refractivity contribution is 6.30. The molecule has 84 valence electrons. The van der Waals surface area contributed by atoms with Gasteiger partial charge in [0.2, 0.25) is 0 Å². The van der Waals surface area contributed by atoms with E-state index in [1.165, 1.54) is 5.56 Å². The Hall–Kier alpha value is -1.04. The van der Waals surface area contributed by atoms with Crippen molar-refractivity contribution in [1.29, 1.82) is 5.26 Å². The maximum Gasteiger partial charge on any atom is 0.0672 e. The summed E-state index contributed by atoms with van der Waals surface area (Å²) in [6.07, 6.45) is 0.972. The van der Waals surface area contributed by atoms with Crippen LogP contribution in [0.3, 0.4) is 0 Å². The minimum absolute atomic E-state index is 0.167. The summed E-state index contributed by atoms with van der Waals surface area (Å²) >= 11 is 5.85. The van der Waals surface area contributed by atoms with E-state index in [-0.39, 0.29) is 5.92 Å². The molecular weight excluding hydrogens is 220 g/mol. The number of hydrogen-bond acceptors (Lipinski definition) is 2. The monoisotopic (exact) mass is 234 g/mol. The Labute approximate surface area is 101 Å². The lowest BCUT2D eigenvalue weighted by atomic mass is 9.91. The average Bonchev–Trinajstić information content (AvgIpc) is 2.62. The molecule has 2 atom stereocenters. The lowest BCUT2D eigenvalue weighted by Gasteiger charge is -2.12. The molecule has 1 aromatic carbocycles. The van der Waals surface area contributed by atoms with Gasteiger partial charge in [-0.1, -0.05) is 23.7 Å². The quantitative estimate of drug-likeness (QED) is 0.787. The highest BCUT2D eigenvalue weighted by atomic mass is 35.5. The van der Waals surface area contributed by atoms with E-state index in [0.29, 0.717) is 5.92 Å². The molecular formula is C13H15ClN2. The van der Waals surface area contributed by atoms with Gasteiger partial charge in [-0.05, 0) is 37.1 Å². The van der Waals surface area contributed by atoms with Crippen LogP contribution in [0.25, 0.3) is 0 Å². The van der Waals surface area contributed by atoms with E-state index in [1.54, 1.807) is 0 Å². The van der Waals surface area contributed by atoms with E-state index in [9.17, 15) is 0 Å². The zero-order chi connectivity index (χ0) is 11.5. The molecule has 1 heterocycles. The van der Waals surface area contributed by atoms with Crippen molar-refractivity contribution >= 4 is 11.6 Å². The Kier molecular flexibility index (Phi) is 3.48. The van der Waals surface area contributed by atoms with Crippen LogP contribution in [0.15, 0.2) is 24.3 Å². The zero-order valence-electron chi connectivity index (χ0n) is 9.36. The lowest BCUT2D eigenvalue weighted by molar-refractivity contribution is 0.394. The molecule has 0 aromatic heterocycles. The summed E-state index contributed by atoms with van der Waals surface area (Å²) in [5, 5.41) is 9.85. The smallest absolute Gasteiger partial charge is 0.0672 e. The molecule has 3 heteroatoms. The molecule has 0 bridgehead atoms. The highest BCUT2D eigenvalue weighted by Gasteiger charge is 2.30. The zero-order valence-corrected chi connectivity index (χ0v) is 10.1. The summed E-state index contributed by atoms with van der Waals surface area (Å²) in [6.45, 7) is 1.91. The minimum atomic E-state index is 0.167. The topological polar surface area (TPSA) is 27.0 Å². The number of nitriles is 1. The van der Waals surface area contributed by atoms with Crippen LogP contribution in [0.2, 0.25) is 5.02 Å².